The third kappa shape index (κ3) is 6.09. The lowest BCUT2D eigenvalue weighted by molar-refractivity contribution is -0.114. The van der Waals surface area contributed by atoms with Crippen molar-refractivity contribution in [3.05, 3.63) is 57.6 Å². The molecule has 0 radical (unpaired) electrons. The number of anilines is 2. The molecule has 1 amide bonds. The van der Waals surface area contributed by atoms with Crippen molar-refractivity contribution < 1.29 is 22.7 Å². The van der Waals surface area contributed by atoms with Gasteiger partial charge in [-0.05, 0) is 55.8 Å². The first-order valence-electron chi connectivity index (χ1n) is 8.53. The van der Waals surface area contributed by atoms with Crippen LogP contribution in [0.5, 0.6) is 0 Å². The summed E-state index contributed by atoms with van der Waals surface area (Å²) >= 11 is 12.0. The number of nitrogens with zero attached hydrogens (tertiary/aromatic N) is 1. The van der Waals surface area contributed by atoms with Gasteiger partial charge in [-0.2, -0.15) is 0 Å². The number of carbonyl (C=O) groups excluding carboxylic acids is 2. The predicted octanol–water partition coefficient (Wildman–Crippen LogP) is 3.88. The molecule has 7 nitrogen and oxygen atoms in total. The van der Waals surface area contributed by atoms with E-state index in [-0.39, 0.29) is 22.3 Å². The molecule has 2 aromatic rings. The molecular weight excluding hydrogens is 439 g/mol. The Bertz CT molecular complexity index is 1040. The zero-order valence-electron chi connectivity index (χ0n) is 16.0. The molecule has 2 aromatic carbocycles. The zero-order valence-corrected chi connectivity index (χ0v) is 18.4. The first kappa shape index (κ1) is 23.0. The van der Waals surface area contributed by atoms with E-state index in [1.54, 1.807) is 26.0 Å². The quantitative estimate of drug-likeness (QED) is 0.635. The third-order valence-electron chi connectivity index (χ3n) is 3.88. The molecule has 0 aromatic heterocycles. The Morgan fingerprint density at radius 3 is 2.41 bits per heavy atom. The van der Waals surface area contributed by atoms with Crippen molar-refractivity contribution in [3.8, 4) is 0 Å². The second-order valence-electron chi connectivity index (χ2n) is 6.16. The Balaban J connectivity index is 2.23. The monoisotopic (exact) mass is 458 g/mol. The number of nitrogens with one attached hydrogen (secondary N) is 1. The molecule has 0 spiro atoms. The van der Waals surface area contributed by atoms with Crippen molar-refractivity contribution >= 4 is 56.5 Å². The van der Waals surface area contributed by atoms with Crippen molar-refractivity contribution in [1.82, 2.24) is 0 Å². The summed E-state index contributed by atoms with van der Waals surface area (Å²) in [5, 5.41) is 3.06. The van der Waals surface area contributed by atoms with Crippen molar-refractivity contribution in [2.24, 2.45) is 0 Å². The van der Waals surface area contributed by atoms with E-state index >= 15 is 0 Å². The number of benzene rings is 2. The summed E-state index contributed by atoms with van der Waals surface area (Å²) < 4.78 is 30.3. The number of halogens is 2. The van der Waals surface area contributed by atoms with E-state index in [2.05, 4.69) is 5.32 Å². The number of carbonyl (C=O) groups is 2. The predicted molar refractivity (Wildman–Crippen MR) is 114 cm³/mol. The van der Waals surface area contributed by atoms with E-state index < -0.39 is 28.4 Å². The summed E-state index contributed by atoms with van der Waals surface area (Å²) in [6.45, 7) is 3.17. The summed E-state index contributed by atoms with van der Waals surface area (Å²) in [6.07, 6.45) is 0.969. The maximum absolute atomic E-state index is 12.5. The first-order chi connectivity index (χ1) is 13.5. The van der Waals surface area contributed by atoms with Crippen molar-refractivity contribution in [3.63, 3.8) is 0 Å². The maximum Gasteiger partial charge on any atom is 0.338 e. The van der Waals surface area contributed by atoms with Crippen LogP contribution in [0.2, 0.25) is 10.0 Å². The van der Waals surface area contributed by atoms with Crippen LogP contribution in [-0.4, -0.2) is 39.7 Å². The van der Waals surface area contributed by atoms with Gasteiger partial charge in [-0.15, -0.1) is 0 Å². The molecule has 0 heterocycles. The molecule has 29 heavy (non-hydrogen) atoms. The fourth-order valence-electron chi connectivity index (χ4n) is 2.52. The fourth-order valence-corrected chi connectivity index (χ4v) is 3.82. The van der Waals surface area contributed by atoms with Crippen LogP contribution in [0.3, 0.4) is 0 Å². The molecule has 0 aliphatic carbocycles. The molecule has 0 fully saturated rings. The van der Waals surface area contributed by atoms with Crippen LogP contribution in [-0.2, 0) is 19.6 Å². The number of aryl methyl sites for hydroxylation is 1. The highest BCUT2D eigenvalue weighted by Crippen LogP contribution is 2.30. The van der Waals surface area contributed by atoms with Gasteiger partial charge in [0.05, 0.1) is 29.1 Å². The lowest BCUT2D eigenvalue weighted by Crippen LogP contribution is -2.37. The van der Waals surface area contributed by atoms with Crippen LogP contribution >= 0.6 is 23.2 Å². The third-order valence-corrected chi connectivity index (χ3v) is 5.56. The molecule has 0 saturated heterocycles. The van der Waals surface area contributed by atoms with Crippen LogP contribution in [0.4, 0.5) is 11.4 Å². The highest BCUT2D eigenvalue weighted by molar-refractivity contribution is 7.92. The van der Waals surface area contributed by atoms with Gasteiger partial charge in [0.25, 0.3) is 0 Å². The van der Waals surface area contributed by atoms with E-state index in [0.717, 1.165) is 10.6 Å². The van der Waals surface area contributed by atoms with E-state index in [9.17, 15) is 18.0 Å². The molecule has 0 aliphatic rings. The Morgan fingerprint density at radius 2 is 1.83 bits per heavy atom. The minimum Gasteiger partial charge on any atom is -0.462 e. The first-order valence-corrected chi connectivity index (χ1v) is 11.1. The lowest BCUT2D eigenvalue weighted by Gasteiger charge is -2.23. The average Bonchev–Trinajstić information content (AvgIpc) is 2.63. The molecule has 0 bridgehead atoms. The van der Waals surface area contributed by atoms with Crippen molar-refractivity contribution in [2.75, 3.05) is 29.0 Å². The Kier molecular flexibility index (Phi) is 7.51. The second kappa shape index (κ2) is 9.47. The van der Waals surface area contributed by atoms with Gasteiger partial charge in [0.15, 0.2) is 0 Å². The molecule has 10 heteroatoms. The molecule has 0 unspecified atom stereocenters. The molecule has 0 atom stereocenters. The number of hydrogen-bond acceptors (Lipinski definition) is 5. The second-order valence-corrected chi connectivity index (χ2v) is 8.91. The number of hydrogen-bond donors (Lipinski definition) is 1. The van der Waals surface area contributed by atoms with Gasteiger partial charge in [-0.3, -0.25) is 9.10 Å². The number of sulfonamides is 1. The zero-order chi connectivity index (χ0) is 21.8. The number of esters is 1. The molecule has 0 aliphatic heterocycles. The molecule has 1 N–H and O–H groups in total. The average molecular weight is 459 g/mol. The Morgan fingerprint density at radius 1 is 1.14 bits per heavy atom. The smallest absolute Gasteiger partial charge is 0.338 e. The Labute approximate surface area is 179 Å². The van der Waals surface area contributed by atoms with E-state index in [1.807, 2.05) is 0 Å². The summed E-state index contributed by atoms with van der Waals surface area (Å²) in [6, 6.07) is 8.99. The molecule has 0 saturated carbocycles. The fraction of sp³-hybridized carbons (Fsp3) is 0.263. The highest BCUT2D eigenvalue weighted by atomic mass is 35.5. The van der Waals surface area contributed by atoms with Crippen LogP contribution in [0.15, 0.2) is 36.4 Å². The van der Waals surface area contributed by atoms with E-state index in [0.29, 0.717) is 16.8 Å². The minimum atomic E-state index is -3.81. The van der Waals surface area contributed by atoms with Crippen LogP contribution in [0.1, 0.15) is 22.8 Å². The standard InChI is InChI=1S/C19H20Cl2N2O5S/c1-4-28-19(25)13-5-8-16(12(2)9-13)22-18(24)11-23(29(3,26)27)17-10-14(20)6-7-15(17)21/h5-10H,4,11H2,1-3H3,(H,22,24). The van der Waals surface area contributed by atoms with Gasteiger partial charge >= 0.3 is 5.97 Å². The summed E-state index contributed by atoms with van der Waals surface area (Å²) in [4.78, 5) is 24.3. The van der Waals surface area contributed by atoms with Crippen molar-refractivity contribution in [2.45, 2.75) is 13.8 Å². The van der Waals surface area contributed by atoms with Gasteiger partial charge in [0.2, 0.25) is 15.9 Å². The van der Waals surface area contributed by atoms with E-state index in [4.69, 9.17) is 27.9 Å². The Hall–Kier alpha value is -2.29. The summed E-state index contributed by atoms with van der Waals surface area (Å²) in [5.74, 6) is -1.05. The van der Waals surface area contributed by atoms with Gasteiger partial charge in [0.1, 0.15) is 6.54 Å². The van der Waals surface area contributed by atoms with Gasteiger partial charge in [0, 0.05) is 10.7 Å². The van der Waals surface area contributed by atoms with Gasteiger partial charge < -0.3 is 10.1 Å². The SMILES string of the molecule is CCOC(=O)c1ccc(NC(=O)CN(c2cc(Cl)ccc2Cl)S(C)(=O)=O)c(C)c1. The van der Waals surface area contributed by atoms with Crippen LogP contribution < -0.4 is 9.62 Å². The van der Waals surface area contributed by atoms with E-state index in [1.165, 1.54) is 24.3 Å². The largest absolute Gasteiger partial charge is 0.462 e. The van der Waals surface area contributed by atoms with Gasteiger partial charge in [-0.1, -0.05) is 23.2 Å². The topological polar surface area (TPSA) is 92.8 Å². The minimum absolute atomic E-state index is 0.103. The number of amides is 1. The highest BCUT2D eigenvalue weighted by Gasteiger charge is 2.23. The van der Waals surface area contributed by atoms with Gasteiger partial charge in [-0.25, -0.2) is 13.2 Å². The normalized spacial score (nSPS) is 11.1. The molecular formula is C19H20Cl2N2O5S. The number of ether oxygens (including phenoxy) is 1. The summed E-state index contributed by atoms with van der Waals surface area (Å²) in [7, 11) is -3.81. The van der Waals surface area contributed by atoms with Crippen LogP contribution in [0, 0.1) is 6.92 Å². The number of rotatable bonds is 7. The summed E-state index contributed by atoms with van der Waals surface area (Å²) in [5.41, 5.74) is 1.52. The maximum atomic E-state index is 12.5. The van der Waals surface area contributed by atoms with Crippen LogP contribution in [0.25, 0.3) is 0 Å². The molecule has 156 valence electrons. The molecule has 2 rings (SSSR count). The lowest BCUT2D eigenvalue weighted by atomic mass is 10.1. The van der Waals surface area contributed by atoms with Crippen molar-refractivity contribution in [1.29, 1.82) is 0 Å².